The van der Waals surface area contributed by atoms with E-state index in [0.717, 1.165) is 0 Å². The van der Waals surface area contributed by atoms with Gasteiger partial charge >= 0.3 is 0 Å². The van der Waals surface area contributed by atoms with E-state index in [-0.39, 0.29) is 5.41 Å². The zero-order valence-electron chi connectivity index (χ0n) is 33.1. The maximum Gasteiger partial charge on any atom is 0.0165 e. The lowest BCUT2D eigenvalue weighted by atomic mass is 9.78. The van der Waals surface area contributed by atoms with E-state index in [2.05, 4.69) is 220 Å². The molecule has 0 N–H and O–H groups in total. The molecule has 0 saturated heterocycles. The van der Waals surface area contributed by atoms with Crippen LogP contribution in [0.2, 0.25) is 0 Å². The van der Waals surface area contributed by atoms with E-state index in [1.165, 1.54) is 121 Å². The van der Waals surface area contributed by atoms with Crippen LogP contribution in [0.25, 0.3) is 109 Å². The van der Waals surface area contributed by atoms with Crippen molar-refractivity contribution in [3.8, 4) is 55.6 Å². The third kappa shape index (κ3) is 5.03. The molecule has 0 atom stereocenters. The summed E-state index contributed by atoms with van der Waals surface area (Å²) in [5.74, 6) is 0. The van der Waals surface area contributed by atoms with Crippen molar-refractivity contribution in [2.75, 3.05) is 0 Å². The minimum atomic E-state index is -0.123. The molecule has 0 amide bonds. The van der Waals surface area contributed by atoms with Crippen LogP contribution in [0.3, 0.4) is 0 Å². The maximum atomic E-state index is 2.42. The van der Waals surface area contributed by atoms with Crippen molar-refractivity contribution in [1.29, 1.82) is 0 Å². The SMILES string of the molecule is CC1(C)c2cc3ccccc3cc2-c2cccc(-c3ccc(-c4c5ccccc5c(-c5ccccc5-c5cc6ccccc6c6ccccc56)c5ccccc45)cc3)c21. The molecule has 0 unspecified atom stereocenters. The second kappa shape index (κ2) is 12.9. The first-order valence-corrected chi connectivity index (χ1v) is 20.8. The summed E-state index contributed by atoms with van der Waals surface area (Å²) in [6.07, 6.45) is 0. The van der Waals surface area contributed by atoms with E-state index in [1.54, 1.807) is 0 Å². The van der Waals surface area contributed by atoms with Gasteiger partial charge in [-0.1, -0.05) is 202 Å². The summed E-state index contributed by atoms with van der Waals surface area (Å²) in [5.41, 5.74) is 15.5. The predicted molar refractivity (Wildman–Crippen MR) is 253 cm³/mol. The standard InChI is InChI=1S/C59H40/c1-59(2)55-36-40-17-4-3-16-39(40)34-54(55)52-29-15-28-43(58(52)59)37-30-32-38(33-31-37)56-48-24-11-13-26-50(48)57(51-27-14-12-25-49(51)56)47-23-10-9-22-46(47)53-35-41-18-5-6-19-42(41)44-20-7-8-21-45(44)53/h3-36H,1-2H3. The van der Waals surface area contributed by atoms with Crippen LogP contribution in [-0.4, -0.2) is 0 Å². The van der Waals surface area contributed by atoms with Crippen molar-refractivity contribution in [3.63, 3.8) is 0 Å². The molecule has 11 aromatic carbocycles. The molecular formula is C59H40. The van der Waals surface area contributed by atoms with Crippen molar-refractivity contribution < 1.29 is 0 Å². The van der Waals surface area contributed by atoms with Gasteiger partial charge in [0.25, 0.3) is 0 Å². The van der Waals surface area contributed by atoms with Gasteiger partial charge < -0.3 is 0 Å². The highest BCUT2D eigenvalue weighted by Crippen LogP contribution is 2.54. The smallest absolute Gasteiger partial charge is 0.0165 e. The van der Waals surface area contributed by atoms with Gasteiger partial charge in [-0.05, 0) is 139 Å². The van der Waals surface area contributed by atoms with Gasteiger partial charge in [0.15, 0.2) is 0 Å². The van der Waals surface area contributed by atoms with Gasteiger partial charge in [-0.2, -0.15) is 0 Å². The van der Waals surface area contributed by atoms with Crippen molar-refractivity contribution in [2.24, 2.45) is 0 Å². The molecule has 0 saturated carbocycles. The Hall–Kier alpha value is -7.28. The topological polar surface area (TPSA) is 0 Å². The average molecular weight is 749 g/mol. The first-order chi connectivity index (χ1) is 29.0. The van der Waals surface area contributed by atoms with Crippen LogP contribution in [-0.2, 0) is 5.41 Å². The van der Waals surface area contributed by atoms with E-state index in [4.69, 9.17) is 0 Å². The van der Waals surface area contributed by atoms with Gasteiger partial charge in [0.05, 0.1) is 0 Å². The van der Waals surface area contributed by atoms with Gasteiger partial charge in [-0.3, -0.25) is 0 Å². The zero-order valence-corrected chi connectivity index (χ0v) is 33.1. The maximum absolute atomic E-state index is 2.42. The predicted octanol–water partition coefficient (Wildman–Crippen LogP) is 16.4. The van der Waals surface area contributed by atoms with Crippen molar-refractivity contribution >= 4 is 53.9 Å². The van der Waals surface area contributed by atoms with Crippen LogP contribution >= 0.6 is 0 Å². The molecule has 0 spiro atoms. The lowest BCUT2D eigenvalue weighted by Gasteiger charge is -2.25. The molecular weight excluding hydrogens is 709 g/mol. The minimum Gasteiger partial charge on any atom is -0.0616 e. The normalized spacial score (nSPS) is 13.1. The van der Waals surface area contributed by atoms with Crippen LogP contribution in [0.1, 0.15) is 25.0 Å². The number of hydrogen-bond acceptors (Lipinski definition) is 0. The summed E-state index contributed by atoms with van der Waals surface area (Å²) in [6.45, 7) is 4.79. The van der Waals surface area contributed by atoms with Crippen LogP contribution in [0.15, 0.2) is 206 Å². The van der Waals surface area contributed by atoms with Gasteiger partial charge in [0.2, 0.25) is 0 Å². The van der Waals surface area contributed by atoms with E-state index < -0.39 is 0 Å². The van der Waals surface area contributed by atoms with Crippen LogP contribution in [0.4, 0.5) is 0 Å². The summed E-state index contributed by atoms with van der Waals surface area (Å²) in [6, 6.07) is 76.9. The molecule has 0 aromatic heterocycles. The van der Waals surface area contributed by atoms with E-state index in [1.807, 2.05) is 0 Å². The molecule has 0 fully saturated rings. The summed E-state index contributed by atoms with van der Waals surface area (Å²) in [7, 11) is 0. The summed E-state index contributed by atoms with van der Waals surface area (Å²) in [4.78, 5) is 0. The van der Waals surface area contributed by atoms with Crippen molar-refractivity contribution in [1.82, 2.24) is 0 Å². The van der Waals surface area contributed by atoms with Crippen molar-refractivity contribution in [2.45, 2.75) is 19.3 Å². The molecule has 0 radical (unpaired) electrons. The van der Waals surface area contributed by atoms with E-state index in [9.17, 15) is 0 Å². The second-order valence-electron chi connectivity index (χ2n) is 16.8. The Morgan fingerprint density at radius 2 is 0.729 bits per heavy atom. The van der Waals surface area contributed by atoms with E-state index >= 15 is 0 Å². The Balaban J connectivity index is 1.03. The molecule has 12 rings (SSSR count). The third-order valence-corrected chi connectivity index (χ3v) is 13.2. The quantitative estimate of drug-likeness (QED) is 0.124. The Bertz CT molecular complexity index is 3450. The van der Waals surface area contributed by atoms with E-state index in [0.29, 0.717) is 0 Å². The molecule has 0 heterocycles. The fourth-order valence-electron chi connectivity index (χ4n) is 10.6. The van der Waals surface area contributed by atoms with Crippen LogP contribution in [0.5, 0.6) is 0 Å². The highest BCUT2D eigenvalue weighted by atomic mass is 14.4. The lowest BCUT2D eigenvalue weighted by molar-refractivity contribution is 0.663. The largest absolute Gasteiger partial charge is 0.0616 e. The van der Waals surface area contributed by atoms with Crippen LogP contribution < -0.4 is 0 Å². The summed E-state index contributed by atoms with van der Waals surface area (Å²) in [5, 5.41) is 12.7. The summed E-state index contributed by atoms with van der Waals surface area (Å²) >= 11 is 0. The lowest BCUT2D eigenvalue weighted by Crippen LogP contribution is -2.16. The fourth-order valence-corrected chi connectivity index (χ4v) is 10.6. The highest BCUT2D eigenvalue weighted by molar-refractivity contribution is 6.23. The molecule has 11 aromatic rings. The first kappa shape index (κ1) is 33.8. The molecule has 59 heavy (non-hydrogen) atoms. The first-order valence-electron chi connectivity index (χ1n) is 20.8. The van der Waals surface area contributed by atoms with Crippen LogP contribution in [0, 0.1) is 0 Å². The fraction of sp³-hybridized carbons (Fsp3) is 0.0508. The van der Waals surface area contributed by atoms with Gasteiger partial charge in [0.1, 0.15) is 0 Å². The second-order valence-corrected chi connectivity index (χ2v) is 16.8. The average Bonchev–Trinajstić information content (AvgIpc) is 3.52. The molecule has 1 aliphatic rings. The van der Waals surface area contributed by atoms with Gasteiger partial charge in [-0.25, -0.2) is 0 Å². The van der Waals surface area contributed by atoms with Gasteiger partial charge in [-0.15, -0.1) is 0 Å². The number of rotatable bonds is 4. The highest BCUT2D eigenvalue weighted by Gasteiger charge is 2.37. The monoisotopic (exact) mass is 748 g/mol. The molecule has 0 aliphatic heterocycles. The zero-order chi connectivity index (χ0) is 39.2. The molecule has 0 nitrogen and oxygen atoms in total. The number of hydrogen-bond donors (Lipinski definition) is 0. The van der Waals surface area contributed by atoms with Gasteiger partial charge in [0, 0.05) is 5.41 Å². The Labute approximate surface area is 344 Å². The molecule has 0 bridgehead atoms. The minimum absolute atomic E-state index is 0.123. The Morgan fingerprint density at radius 1 is 0.271 bits per heavy atom. The molecule has 276 valence electrons. The third-order valence-electron chi connectivity index (χ3n) is 13.2. The van der Waals surface area contributed by atoms with Crippen molar-refractivity contribution in [3.05, 3.63) is 217 Å². The Morgan fingerprint density at radius 3 is 1.41 bits per heavy atom. The molecule has 1 aliphatic carbocycles. The number of benzene rings is 11. The summed E-state index contributed by atoms with van der Waals surface area (Å²) < 4.78 is 0. The number of fused-ring (bicyclic) bond motifs is 9. The molecule has 0 heteroatoms. The Kier molecular flexibility index (Phi) is 7.38.